The zero-order chi connectivity index (χ0) is 27.3. The second-order valence-corrected chi connectivity index (χ2v) is 7.58. The molecule has 8 nitrogen and oxygen atoms in total. The molecular formula is C23H27ClN4O4. The standard InChI is InChI=1S/C23H27ClN4O4/c1-29-20-5-4-16(12-18(20)24)27-23-17-13-22(21(30-2)14-19(17)25-15-26-23)32-9-3-6-28-7-10-31-11-8-28/h4-5,12-15H,3,6-11H2,1-2H3,(H,25,26,27)/i1D3,2D3. The second-order valence-electron chi connectivity index (χ2n) is 7.17. The van der Waals surface area contributed by atoms with Gasteiger partial charge in [-0.25, -0.2) is 9.97 Å². The highest BCUT2D eigenvalue weighted by Crippen LogP contribution is 2.35. The molecule has 0 saturated carbocycles. The van der Waals surface area contributed by atoms with Crippen molar-refractivity contribution in [1.82, 2.24) is 14.9 Å². The number of fused-ring (bicyclic) bond motifs is 1. The molecule has 0 amide bonds. The molecule has 1 aromatic heterocycles. The van der Waals surface area contributed by atoms with Crippen LogP contribution >= 0.6 is 11.6 Å². The summed E-state index contributed by atoms with van der Waals surface area (Å²) in [5.41, 5.74) is 0.944. The summed E-state index contributed by atoms with van der Waals surface area (Å²) >= 11 is 6.21. The Hall–Kier alpha value is -2.81. The minimum absolute atomic E-state index is 0.0176. The number of hydrogen-bond acceptors (Lipinski definition) is 8. The molecule has 0 atom stereocenters. The largest absolute Gasteiger partial charge is 0.495 e. The third kappa shape index (κ3) is 5.32. The molecule has 170 valence electrons. The molecule has 0 aliphatic carbocycles. The number of aromatic nitrogens is 2. The number of nitrogens with zero attached hydrogens (tertiary/aromatic N) is 3. The molecule has 0 spiro atoms. The van der Waals surface area contributed by atoms with Gasteiger partial charge in [0.05, 0.1) is 52.7 Å². The molecule has 2 heterocycles. The lowest BCUT2D eigenvalue weighted by Gasteiger charge is -2.26. The molecule has 9 heteroatoms. The van der Waals surface area contributed by atoms with E-state index in [-0.39, 0.29) is 22.3 Å². The van der Waals surface area contributed by atoms with E-state index in [4.69, 9.17) is 38.8 Å². The van der Waals surface area contributed by atoms with E-state index in [1.807, 2.05) is 0 Å². The first-order chi connectivity index (χ1) is 18.0. The van der Waals surface area contributed by atoms with Crippen molar-refractivity contribution in [3.63, 3.8) is 0 Å². The predicted octanol–water partition coefficient (Wildman–Crippen LogP) is 4.15. The molecule has 2 aromatic carbocycles. The number of methoxy groups -OCH3 is 2. The van der Waals surface area contributed by atoms with Gasteiger partial charge >= 0.3 is 0 Å². The number of hydrogen-bond donors (Lipinski definition) is 1. The third-order valence-electron chi connectivity index (χ3n) is 5.10. The van der Waals surface area contributed by atoms with E-state index >= 15 is 0 Å². The lowest BCUT2D eigenvalue weighted by atomic mass is 10.2. The second kappa shape index (κ2) is 10.7. The molecule has 0 radical (unpaired) electrons. The van der Waals surface area contributed by atoms with Gasteiger partial charge in [-0.2, -0.15) is 0 Å². The average Bonchev–Trinajstić information content (AvgIpc) is 2.83. The normalized spacial score (nSPS) is 17.9. The molecular weight excluding hydrogens is 432 g/mol. The van der Waals surface area contributed by atoms with Crippen LogP contribution in [0.3, 0.4) is 0 Å². The Balaban J connectivity index is 1.56. The van der Waals surface area contributed by atoms with Gasteiger partial charge in [-0.05, 0) is 30.7 Å². The SMILES string of the molecule is [2H]C([2H])([2H])Oc1ccc(Nc2ncnc3cc(OC([2H])([2H])[2H])c(OCCCN4CCOCC4)cc23)cc1Cl. The third-order valence-corrected chi connectivity index (χ3v) is 5.39. The summed E-state index contributed by atoms with van der Waals surface area (Å²) in [4.78, 5) is 10.8. The fourth-order valence-electron chi connectivity index (χ4n) is 3.45. The van der Waals surface area contributed by atoms with E-state index in [0.29, 0.717) is 42.2 Å². The molecule has 4 rings (SSSR count). The Labute approximate surface area is 200 Å². The van der Waals surface area contributed by atoms with Gasteiger partial charge in [-0.3, -0.25) is 4.90 Å². The van der Waals surface area contributed by atoms with E-state index < -0.39 is 14.1 Å². The summed E-state index contributed by atoms with van der Waals surface area (Å²) in [6, 6.07) is 7.65. The van der Waals surface area contributed by atoms with Gasteiger partial charge in [0.1, 0.15) is 17.9 Å². The Morgan fingerprint density at radius 2 is 1.94 bits per heavy atom. The number of nitrogens with one attached hydrogen (secondary N) is 1. The van der Waals surface area contributed by atoms with Crippen molar-refractivity contribution >= 4 is 34.0 Å². The molecule has 0 unspecified atom stereocenters. The lowest BCUT2D eigenvalue weighted by Crippen LogP contribution is -2.37. The number of rotatable bonds is 9. The van der Waals surface area contributed by atoms with Crippen molar-refractivity contribution in [2.24, 2.45) is 0 Å². The van der Waals surface area contributed by atoms with Crippen LogP contribution in [0.25, 0.3) is 10.9 Å². The molecule has 0 bridgehead atoms. The monoisotopic (exact) mass is 464 g/mol. The summed E-state index contributed by atoms with van der Waals surface area (Å²) in [5.74, 6) is 0.703. The number of halogens is 1. The maximum Gasteiger partial charge on any atom is 0.162 e. The molecule has 1 fully saturated rings. The number of ether oxygens (including phenoxy) is 4. The smallest absolute Gasteiger partial charge is 0.162 e. The zero-order valence-electron chi connectivity index (χ0n) is 23.3. The lowest BCUT2D eigenvalue weighted by molar-refractivity contribution is 0.0357. The molecule has 1 saturated heterocycles. The first kappa shape index (κ1) is 15.9. The predicted molar refractivity (Wildman–Crippen MR) is 125 cm³/mol. The average molecular weight is 465 g/mol. The number of anilines is 2. The van der Waals surface area contributed by atoms with Crippen LogP contribution in [0.5, 0.6) is 17.2 Å². The summed E-state index contributed by atoms with van der Waals surface area (Å²) in [6.07, 6.45) is 2.05. The van der Waals surface area contributed by atoms with Crippen LogP contribution in [0.2, 0.25) is 5.02 Å². The van der Waals surface area contributed by atoms with Gasteiger partial charge in [0.25, 0.3) is 0 Å². The van der Waals surface area contributed by atoms with Crippen LogP contribution in [-0.2, 0) is 4.74 Å². The van der Waals surface area contributed by atoms with Gasteiger partial charge in [0.2, 0.25) is 0 Å². The minimum atomic E-state index is -2.68. The van der Waals surface area contributed by atoms with Crippen LogP contribution in [0.4, 0.5) is 11.5 Å². The van der Waals surface area contributed by atoms with E-state index in [9.17, 15) is 0 Å². The Morgan fingerprint density at radius 3 is 2.75 bits per heavy atom. The highest BCUT2D eigenvalue weighted by atomic mass is 35.5. The van der Waals surface area contributed by atoms with Gasteiger partial charge in [-0.1, -0.05) is 11.6 Å². The van der Waals surface area contributed by atoms with Crippen molar-refractivity contribution < 1.29 is 27.2 Å². The first-order valence-corrected chi connectivity index (χ1v) is 10.5. The summed E-state index contributed by atoms with van der Waals surface area (Å²) in [5, 5.41) is 3.77. The molecule has 3 aromatic rings. The van der Waals surface area contributed by atoms with Crippen LogP contribution < -0.4 is 19.5 Å². The zero-order valence-corrected chi connectivity index (χ0v) is 18.0. The number of morpholine rings is 1. The highest BCUT2D eigenvalue weighted by molar-refractivity contribution is 6.32. The number of benzene rings is 2. The maximum absolute atomic E-state index is 7.54. The van der Waals surface area contributed by atoms with Crippen molar-refractivity contribution in [3.8, 4) is 17.2 Å². The fourth-order valence-corrected chi connectivity index (χ4v) is 3.67. The van der Waals surface area contributed by atoms with Crippen LogP contribution in [0.1, 0.15) is 14.6 Å². The quantitative estimate of drug-likeness (QED) is 0.473. The van der Waals surface area contributed by atoms with Gasteiger partial charge in [-0.15, -0.1) is 0 Å². The van der Waals surface area contributed by atoms with E-state index in [0.717, 1.165) is 26.1 Å². The van der Waals surface area contributed by atoms with Crippen molar-refractivity contribution in [2.45, 2.75) is 6.42 Å². The molecule has 1 aliphatic rings. The summed E-state index contributed by atoms with van der Waals surface area (Å²) in [6.45, 7) is 4.31. The van der Waals surface area contributed by atoms with Crippen LogP contribution in [0, 0.1) is 0 Å². The van der Waals surface area contributed by atoms with Gasteiger partial charge in [0, 0.05) is 36.8 Å². The molecule has 32 heavy (non-hydrogen) atoms. The van der Waals surface area contributed by atoms with Crippen molar-refractivity contribution in [1.29, 1.82) is 0 Å². The van der Waals surface area contributed by atoms with Crippen molar-refractivity contribution in [2.75, 3.05) is 58.8 Å². The highest BCUT2D eigenvalue weighted by Gasteiger charge is 2.14. The summed E-state index contributed by atoms with van der Waals surface area (Å²) < 4.78 is 65.8. The Kier molecular flexibility index (Phi) is 5.30. The van der Waals surface area contributed by atoms with E-state index in [1.54, 1.807) is 12.1 Å². The maximum atomic E-state index is 7.54. The molecule has 1 N–H and O–H groups in total. The van der Waals surface area contributed by atoms with Crippen LogP contribution in [0.15, 0.2) is 36.7 Å². The minimum Gasteiger partial charge on any atom is -0.495 e. The van der Waals surface area contributed by atoms with E-state index in [2.05, 4.69) is 20.2 Å². The fraction of sp³-hybridized carbons (Fsp3) is 0.391. The van der Waals surface area contributed by atoms with Crippen LogP contribution in [-0.4, -0.2) is 68.4 Å². The topological polar surface area (TPSA) is 78.0 Å². The Bertz CT molecular complexity index is 1260. The van der Waals surface area contributed by atoms with Crippen molar-refractivity contribution in [3.05, 3.63) is 41.7 Å². The molecule has 1 aliphatic heterocycles. The first-order valence-electron chi connectivity index (χ1n) is 13.1. The van der Waals surface area contributed by atoms with E-state index in [1.165, 1.54) is 24.5 Å². The Morgan fingerprint density at radius 1 is 1.09 bits per heavy atom. The summed E-state index contributed by atoms with van der Waals surface area (Å²) in [7, 11) is -5.31. The van der Waals surface area contributed by atoms with Gasteiger partial charge in [0.15, 0.2) is 11.5 Å². The van der Waals surface area contributed by atoms with Gasteiger partial charge < -0.3 is 24.3 Å².